The van der Waals surface area contributed by atoms with E-state index in [0.29, 0.717) is 24.1 Å². The Balaban J connectivity index is 2.28. The topological polar surface area (TPSA) is 80.4 Å². The maximum absolute atomic E-state index is 12.2. The molecule has 1 aliphatic rings. The fourth-order valence-corrected chi connectivity index (χ4v) is 3.65. The quantitative estimate of drug-likeness (QED) is 0.838. The van der Waals surface area contributed by atoms with Crippen LogP contribution >= 0.6 is 27.3 Å². The van der Waals surface area contributed by atoms with Crippen LogP contribution in [0.5, 0.6) is 0 Å². The first-order valence-corrected chi connectivity index (χ1v) is 6.88. The molecule has 1 heterocycles. The Morgan fingerprint density at radius 1 is 1.53 bits per heavy atom. The van der Waals surface area contributed by atoms with Crippen LogP contribution in [0.15, 0.2) is 15.9 Å². The Kier molecular flexibility index (Phi) is 3.38. The number of carboxylic acid groups (broad SMARTS) is 1. The summed E-state index contributed by atoms with van der Waals surface area (Å²) in [5, 5.41) is 9.16. The minimum absolute atomic E-state index is 0.150. The van der Waals surface area contributed by atoms with Gasteiger partial charge in [0.2, 0.25) is 0 Å². The van der Waals surface area contributed by atoms with Crippen LogP contribution in [0.25, 0.3) is 0 Å². The second-order valence-corrected chi connectivity index (χ2v) is 6.72. The number of carboxylic acids is 1. The Labute approximate surface area is 111 Å². The molecular weight excluding hydrogens is 306 g/mol. The van der Waals surface area contributed by atoms with Gasteiger partial charge >= 0.3 is 5.97 Å². The molecule has 6 heteroatoms. The number of thiophene rings is 1. The van der Waals surface area contributed by atoms with Crippen molar-refractivity contribution >= 4 is 39.0 Å². The lowest BCUT2D eigenvalue weighted by atomic mass is 9.84. The molecule has 0 spiro atoms. The highest BCUT2D eigenvalue weighted by Gasteiger charge is 2.49. The molecule has 17 heavy (non-hydrogen) atoms. The summed E-state index contributed by atoms with van der Waals surface area (Å²) >= 11 is 4.60. The van der Waals surface area contributed by atoms with E-state index in [4.69, 9.17) is 10.8 Å². The largest absolute Gasteiger partial charge is 0.480 e. The lowest BCUT2D eigenvalue weighted by Crippen LogP contribution is -2.53. The normalized spacial score (nSPS) is 28.2. The maximum atomic E-state index is 12.2. The van der Waals surface area contributed by atoms with Crippen molar-refractivity contribution in [2.45, 2.75) is 24.8 Å². The molecule has 3 N–H and O–H groups in total. The molecule has 1 saturated carbocycles. The van der Waals surface area contributed by atoms with Gasteiger partial charge in [0.1, 0.15) is 5.54 Å². The molecular formula is C11H12BrNO3S. The molecule has 0 saturated heterocycles. The van der Waals surface area contributed by atoms with E-state index in [2.05, 4.69) is 15.9 Å². The van der Waals surface area contributed by atoms with E-state index in [1.807, 2.05) is 0 Å². The van der Waals surface area contributed by atoms with Crippen molar-refractivity contribution < 1.29 is 14.7 Å². The number of carbonyl (C=O) groups excluding carboxylic acids is 1. The molecule has 0 amide bonds. The number of hydrogen-bond donors (Lipinski definition) is 2. The molecule has 0 aromatic carbocycles. The van der Waals surface area contributed by atoms with Crippen molar-refractivity contribution in [3.63, 3.8) is 0 Å². The highest BCUT2D eigenvalue weighted by atomic mass is 79.9. The summed E-state index contributed by atoms with van der Waals surface area (Å²) in [5.74, 6) is -1.84. The van der Waals surface area contributed by atoms with Crippen LogP contribution in [-0.4, -0.2) is 22.4 Å². The molecule has 1 aromatic heterocycles. The van der Waals surface area contributed by atoms with Gasteiger partial charge in [-0.1, -0.05) is 6.42 Å². The lowest BCUT2D eigenvalue weighted by molar-refractivity contribution is -0.144. The third kappa shape index (κ3) is 2.17. The number of ketones is 1. The van der Waals surface area contributed by atoms with E-state index in [0.717, 1.165) is 3.79 Å². The fourth-order valence-electron chi connectivity index (χ4n) is 2.27. The monoisotopic (exact) mass is 317 g/mol. The van der Waals surface area contributed by atoms with Gasteiger partial charge < -0.3 is 10.8 Å². The van der Waals surface area contributed by atoms with Crippen LogP contribution in [0.4, 0.5) is 0 Å². The Morgan fingerprint density at radius 2 is 2.24 bits per heavy atom. The number of carbonyl (C=O) groups is 2. The molecule has 2 atom stereocenters. The van der Waals surface area contributed by atoms with Gasteiger partial charge in [0.25, 0.3) is 0 Å². The van der Waals surface area contributed by atoms with E-state index in [1.165, 1.54) is 11.3 Å². The summed E-state index contributed by atoms with van der Waals surface area (Å²) in [6, 6.07) is 3.49. The summed E-state index contributed by atoms with van der Waals surface area (Å²) in [6.07, 6.45) is 1.61. The first-order chi connectivity index (χ1) is 7.95. The summed E-state index contributed by atoms with van der Waals surface area (Å²) in [6.45, 7) is 0. The zero-order valence-electron chi connectivity index (χ0n) is 8.98. The van der Waals surface area contributed by atoms with E-state index in [-0.39, 0.29) is 5.78 Å². The van der Waals surface area contributed by atoms with E-state index in [9.17, 15) is 9.59 Å². The molecule has 4 nitrogen and oxygen atoms in total. The predicted octanol–water partition coefficient (Wildman–Crippen LogP) is 2.28. The second-order valence-electron chi connectivity index (χ2n) is 4.26. The average Bonchev–Trinajstić information content (AvgIpc) is 2.85. The first-order valence-electron chi connectivity index (χ1n) is 5.27. The Morgan fingerprint density at radius 3 is 2.76 bits per heavy atom. The molecule has 0 radical (unpaired) electrons. The number of hydrogen-bond acceptors (Lipinski definition) is 4. The molecule has 1 fully saturated rings. The SMILES string of the molecule is NC1(C(=O)O)CCCC1C(=O)c1ccc(Br)s1. The molecule has 0 aliphatic heterocycles. The molecule has 92 valence electrons. The minimum Gasteiger partial charge on any atom is -0.480 e. The molecule has 2 rings (SSSR count). The van der Waals surface area contributed by atoms with Crippen molar-refractivity contribution in [1.29, 1.82) is 0 Å². The van der Waals surface area contributed by atoms with E-state index < -0.39 is 17.4 Å². The van der Waals surface area contributed by atoms with Gasteiger partial charge in [-0.15, -0.1) is 11.3 Å². The van der Waals surface area contributed by atoms with Crippen LogP contribution < -0.4 is 5.73 Å². The van der Waals surface area contributed by atoms with Gasteiger partial charge in [0.15, 0.2) is 5.78 Å². The number of Topliss-reactive ketones (excluding diaryl/α,β-unsaturated/α-hetero) is 1. The van der Waals surface area contributed by atoms with Crippen molar-refractivity contribution in [1.82, 2.24) is 0 Å². The van der Waals surface area contributed by atoms with Crippen LogP contribution in [-0.2, 0) is 4.79 Å². The predicted molar refractivity (Wildman–Crippen MR) is 68.2 cm³/mol. The van der Waals surface area contributed by atoms with Crippen molar-refractivity contribution in [3.8, 4) is 0 Å². The first kappa shape index (κ1) is 12.7. The molecule has 1 aromatic rings. The Bertz CT molecular complexity index is 473. The van der Waals surface area contributed by atoms with Crippen LogP contribution in [0.3, 0.4) is 0 Å². The minimum atomic E-state index is -1.40. The fraction of sp³-hybridized carbons (Fsp3) is 0.455. The zero-order valence-corrected chi connectivity index (χ0v) is 11.4. The summed E-state index contributed by atoms with van der Waals surface area (Å²) in [7, 11) is 0. The van der Waals surface area contributed by atoms with Crippen molar-refractivity contribution in [3.05, 3.63) is 20.8 Å². The van der Waals surface area contributed by atoms with Gasteiger partial charge in [-0.05, 0) is 40.9 Å². The van der Waals surface area contributed by atoms with Gasteiger partial charge in [-0.2, -0.15) is 0 Å². The molecule has 1 aliphatic carbocycles. The highest BCUT2D eigenvalue weighted by molar-refractivity contribution is 9.11. The summed E-state index contributed by atoms with van der Waals surface area (Å²) in [5.41, 5.74) is 4.47. The van der Waals surface area contributed by atoms with Gasteiger partial charge in [0, 0.05) is 0 Å². The zero-order chi connectivity index (χ0) is 12.6. The van der Waals surface area contributed by atoms with E-state index in [1.54, 1.807) is 12.1 Å². The van der Waals surface area contributed by atoms with Gasteiger partial charge in [0.05, 0.1) is 14.6 Å². The average molecular weight is 318 g/mol. The maximum Gasteiger partial charge on any atom is 0.324 e. The second kappa shape index (κ2) is 4.51. The van der Waals surface area contributed by atoms with Crippen LogP contribution in [0, 0.1) is 5.92 Å². The van der Waals surface area contributed by atoms with Crippen LogP contribution in [0.1, 0.15) is 28.9 Å². The molecule has 2 unspecified atom stereocenters. The van der Waals surface area contributed by atoms with Gasteiger partial charge in [-0.3, -0.25) is 9.59 Å². The number of aliphatic carboxylic acids is 1. The van der Waals surface area contributed by atoms with E-state index >= 15 is 0 Å². The third-order valence-electron chi connectivity index (χ3n) is 3.24. The van der Waals surface area contributed by atoms with Crippen LogP contribution in [0.2, 0.25) is 0 Å². The van der Waals surface area contributed by atoms with Crippen molar-refractivity contribution in [2.75, 3.05) is 0 Å². The van der Waals surface area contributed by atoms with Crippen molar-refractivity contribution in [2.24, 2.45) is 11.7 Å². The number of nitrogens with two attached hydrogens (primary N) is 1. The lowest BCUT2D eigenvalue weighted by Gasteiger charge is -2.25. The number of rotatable bonds is 3. The standard InChI is InChI=1S/C11H12BrNO3S/c12-8-4-3-7(17-8)9(14)6-2-1-5-11(6,13)10(15)16/h3-4,6H,1-2,5,13H2,(H,15,16). The smallest absolute Gasteiger partial charge is 0.324 e. The summed E-state index contributed by atoms with van der Waals surface area (Å²) < 4.78 is 0.858. The number of halogens is 1. The third-order valence-corrected chi connectivity index (χ3v) is 4.87. The molecule has 0 bridgehead atoms. The Hall–Kier alpha value is -0.720. The highest BCUT2D eigenvalue weighted by Crippen LogP contribution is 2.37. The summed E-state index contributed by atoms with van der Waals surface area (Å²) in [4.78, 5) is 24.0. The van der Waals surface area contributed by atoms with Gasteiger partial charge in [-0.25, -0.2) is 0 Å².